The van der Waals surface area contributed by atoms with Crippen molar-refractivity contribution in [2.45, 2.75) is 39.3 Å². The van der Waals surface area contributed by atoms with E-state index in [-0.39, 0.29) is 11.5 Å². The number of rotatable bonds is 4. The number of nitrogens with zero attached hydrogens (tertiary/aromatic N) is 3. The summed E-state index contributed by atoms with van der Waals surface area (Å²) in [5.41, 5.74) is 0.639. The molecule has 4 nitrogen and oxygen atoms in total. The van der Waals surface area contributed by atoms with Gasteiger partial charge in [-0.15, -0.1) is 0 Å². The minimum Gasteiger partial charge on any atom is -0.390 e. The van der Waals surface area contributed by atoms with Crippen molar-refractivity contribution in [3.8, 4) is 0 Å². The van der Waals surface area contributed by atoms with E-state index in [4.69, 9.17) is 23.2 Å². The molecule has 2 rings (SSSR count). The van der Waals surface area contributed by atoms with Crippen LogP contribution in [0.2, 0.25) is 10.0 Å². The zero-order chi connectivity index (χ0) is 15.6. The van der Waals surface area contributed by atoms with Gasteiger partial charge in [0.2, 0.25) is 0 Å². The number of halogens is 2. The molecule has 0 saturated carbocycles. The Morgan fingerprint density at radius 1 is 1.29 bits per heavy atom. The first-order valence-electron chi connectivity index (χ1n) is 6.75. The molecule has 114 valence electrons. The fraction of sp³-hybridized carbons (Fsp3) is 0.467. The molecule has 0 fully saturated rings. The SMILES string of the molecule is CC(C)(C)[C@H](O)[C@@H](Cc1ccc(Cl)cc1Cl)n1cncn1. The van der Waals surface area contributed by atoms with Gasteiger partial charge in [-0.25, -0.2) is 9.67 Å². The second-order valence-electron chi connectivity index (χ2n) is 6.19. The maximum atomic E-state index is 10.7. The van der Waals surface area contributed by atoms with E-state index in [9.17, 15) is 5.11 Å². The van der Waals surface area contributed by atoms with Crippen molar-refractivity contribution >= 4 is 23.2 Å². The lowest BCUT2D eigenvalue weighted by atomic mass is 9.82. The minimum absolute atomic E-state index is 0.244. The average molecular weight is 328 g/mol. The fourth-order valence-corrected chi connectivity index (χ4v) is 2.71. The summed E-state index contributed by atoms with van der Waals surface area (Å²) in [7, 11) is 0. The molecule has 0 saturated heterocycles. The molecule has 0 aliphatic rings. The van der Waals surface area contributed by atoms with Crippen molar-refractivity contribution < 1.29 is 5.11 Å². The minimum atomic E-state index is -0.592. The van der Waals surface area contributed by atoms with Gasteiger partial charge in [0.25, 0.3) is 0 Å². The van der Waals surface area contributed by atoms with Gasteiger partial charge in [-0.05, 0) is 29.5 Å². The van der Waals surface area contributed by atoms with E-state index < -0.39 is 6.10 Å². The average Bonchev–Trinajstić information content (AvgIpc) is 2.90. The van der Waals surface area contributed by atoms with Crippen molar-refractivity contribution in [2.75, 3.05) is 0 Å². The molecule has 0 radical (unpaired) electrons. The van der Waals surface area contributed by atoms with Gasteiger partial charge in [-0.3, -0.25) is 0 Å². The second kappa shape index (κ2) is 6.34. The van der Waals surface area contributed by atoms with Gasteiger partial charge in [0.15, 0.2) is 0 Å². The van der Waals surface area contributed by atoms with Gasteiger partial charge >= 0.3 is 0 Å². The summed E-state index contributed by atoms with van der Waals surface area (Å²) < 4.78 is 1.68. The molecule has 0 aliphatic carbocycles. The van der Waals surface area contributed by atoms with E-state index in [1.54, 1.807) is 23.1 Å². The highest BCUT2D eigenvalue weighted by Gasteiger charge is 2.32. The number of benzene rings is 1. The number of hydrogen-bond acceptors (Lipinski definition) is 3. The molecule has 1 heterocycles. The van der Waals surface area contributed by atoms with E-state index in [0.717, 1.165) is 5.56 Å². The van der Waals surface area contributed by atoms with Crippen LogP contribution in [0.1, 0.15) is 32.4 Å². The van der Waals surface area contributed by atoms with Gasteiger partial charge in [0.1, 0.15) is 12.7 Å². The van der Waals surface area contributed by atoms with Crippen LogP contribution in [-0.2, 0) is 6.42 Å². The number of aliphatic hydroxyl groups is 1. The third-order valence-electron chi connectivity index (χ3n) is 3.47. The first-order chi connectivity index (χ1) is 9.79. The zero-order valence-electron chi connectivity index (χ0n) is 12.3. The van der Waals surface area contributed by atoms with Crippen LogP contribution in [-0.4, -0.2) is 26.0 Å². The topological polar surface area (TPSA) is 50.9 Å². The molecule has 0 aliphatic heterocycles. The van der Waals surface area contributed by atoms with Gasteiger partial charge in [-0.1, -0.05) is 50.0 Å². The van der Waals surface area contributed by atoms with Crippen molar-refractivity contribution in [1.29, 1.82) is 0 Å². The Bertz CT molecular complexity index is 593. The highest BCUT2D eigenvalue weighted by molar-refractivity contribution is 6.35. The Kier molecular flexibility index (Phi) is 4.91. The predicted octanol–water partition coefficient (Wildman–Crippen LogP) is 3.78. The summed E-state index contributed by atoms with van der Waals surface area (Å²) in [6, 6.07) is 5.14. The Labute approximate surface area is 134 Å². The molecule has 21 heavy (non-hydrogen) atoms. The number of aromatic nitrogens is 3. The zero-order valence-corrected chi connectivity index (χ0v) is 13.8. The highest BCUT2D eigenvalue weighted by Crippen LogP contribution is 2.32. The lowest BCUT2D eigenvalue weighted by Crippen LogP contribution is -2.37. The van der Waals surface area contributed by atoms with Crippen molar-refractivity contribution in [3.63, 3.8) is 0 Å². The standard InChI is InChI=1S/C15H19Cl2N3O/c1-15(2,3)14(21)13(20-9-18-8-19-20)6-10-4-5-11(16)7-12(10)17/h4-5,7-9,13-14,21H,6H2,1-3H3/t13-,14-/m1/s1. The first kappa shape index (κ1) is 16.3. The van der Waals surface area contributed by atoms with Crippen LogP contribution < -0.4 is 0 Å². The Hall–Kier alpha value is -1.10. The second-order valence-corrected chi connectivity index (χ2v) is 7.04. The van der Waals surface area contributed by atoms with Crippen LogP contribution in [0, 0.1) is 5.41 Å². The van der Waals surface area contributed by atoms with Crippen LogP contribution >= 0.6 is 23.2 Å². The smallest absolute Gasteiger partial charge is 0.137 e. The van der Waals surface area contributed by atoms with Crippen LogP contribution in [0.25, 0.3) is 0 Å². The highest BCUT2D eigenvalue weighted by atomic mass is 35.5. The van der Waals surface area contributed by atoms with Crippen molar-refractivity contribution in [1.82, 2.24) is 14.8 Å². The summed E-state index contributed by atoms with van der Waals surface area (Å²) >= 11 is 12.2. The number of hydrogen-bond donors (Lipinski definition) is 1. The van der Waals surface area contributed by atoms with Crippen LogP contribution in [0.5, 0.6) is 0 Å². The third-order valence-corrected chi connectivity index (χ3v) is 4.06. The quantitative estimate of drug-likeness (QED) is 0.929. The normalized spacial score (nSPS) is 15.0. The van der Waals surface area contributed by atoms with Crippen molar-refractivity contribution in [2.24, 2.45) is 5.41 Å². The summed E-state index contributed by atoms with van der Waals surface area (Å²) in [6.45, 7) is 5.97. The lowest BCUT2D eigenvalue weighted by Gasteiger charge is -2.33. The molecular weight excluding hydrogens is 309 g/mol. The maximum absolute atomic E-state index is 10.7. The summed E-state index contributed by atoms with van der Waals surface area (Å²) in [5, 5.41) is 16.0. The largest absolute Gasteiger partial charge is 0.390 e. The Morgan fingerprint density at radius 2 is 2.00 bits per heavy atom. The molecule has 1 N–H and O–H groups in total. The molecule has 2 atom stereocenters. The molecule has 6 heteroatoms. The van der Waals surface area contributed by atoms with Gasteiger partial charge in [0, 0.05) is 10.0 Å². The van der Waals surface area contributed by atoms with Crippen LogP contribution in [0.4, 0.5) is 0 Å². The van der Waals surface area contributed by atoms with E-state index in [0.29, 0.717) is 16.5 Å². The Balaban J connectivity index is 2.33. The molecule has 0 amide bonds. The number of aliphatic hydroxyl groups excluding tert-OH is 1. The van der Waals surface area contributed by atoms with Crippen LogP contribution in [0.15, 0.2) is 30.9 Å². The third kappa shape index (κ3) is 3.96. The van der Waals surface area contributed by atoms with Crippen molar-refractivity contribution in [3.05, 3.63) is 46.5 Å². The summed E-state index contributed by atoms with van der Waals surface area (Å²) in [5.74, 6) is 0. The fourth-order valence-electron chi connectivity index (χ4n) is 2.23. The van der Waals surface area contributed by atoms with Gasteiger partial charge in [0.05, 0.1) is 12.1 Å². The molecule has 0 spiro atoms. The first-order valence-corrected chi connectivity index (χ1v) is 7.50. The van der Waals surface area contributed by atoms with E-state index in [1.807, 2.05) is 26.8 Å². The summed E-state index contributed by atoms with van der Waals surface area (Å²) in [4.78, 5) is 3.97. The molecule has 0 unspecified atom stereocenters. The van der Waals surface area contributed by atoms with Gasteiger partial charge in [-0.2, -0.15) is 5.10 Å². The lowest BCUT2D eigenvalue weighted by molar-refractivity contribution is 0.0124. The van der Waals surface area contributed by atoms with E-state index in [1.165, 1.54) is 6.33 Å². The van der Waals surface area contributed by atoms with Crippen LogP contribution in [0.3, 0.4) is 0 Å². The molecule has 0 bridgehead atoms. The maximum Gasteiger partial charge on any atom is 0.137 e. The van der Waals surface area contributed by atoms with Gasteiger partial charge < -0.3 is 5.11 Å². The molecular formula is C15H19Cl2N3O. The molecule has 1 aromatic heterocycles. The summed E-state index contributed by atoms with van der Waals surface area (Å²) in [6.07, 6.45) is 3.04. The molecule has 1 aromatic carbocycles. The Morgan fingerprint density at radius 3 is 2.52 bits per heavy atom. The molecule has 2 aromatic rings. The van der Waals surface area contributed by atoms with E-state index in [2.05, 4.69) is 10.1 Å². The van der Waals surface area contributed by atoms with E-state index >= 15 is 0 Å². The predicted molar refractivity (Wildman–Crippen MR) is 84.7 cm³/mol. The monoisotopic (exact) mass is 327 g/mol.